The summed E-state index contributed by atoms with van der Waals surface area (Å²) in [5.74, 6) is 2.03. The monoisotopic (exact) mass is 527 g/mol. The van der Waals surface area contributed by atoms with Gasteiger partial charge in [-0.15, -0.1) is 0 Å². The first-order chi connectivity index (χ1) is 17.7. The van der Waals surface area contributed by atoms with Gasteiger partial charge in [-0.3, -0.25) is 0 Å². The van der Waals surface area contributed by atoms with Crippen LogP contribution in [0.1, 0.15) is 40.0 Å². The summed E-state index contributed by atoms with van der Waals surface area (Å²) in [6.45, 7) is 9.68. The van der Waals surface area contributed by atoms with E-state index in [1.165, 1.54) is 32.3 Å². The number of anilines is 1. The van der Waals surface area contributed by atoms with Crippen molar-refractivity contribution in [2.24, 2.45) is 0 Å². The number of halogens is 1. The van der Waals surface area contributed by atoms with Gasteiger partial charge in [0.1, 0.15) is 12.1 Å². The Balaban J connectivity index is 1.46. The molecule has 0 aliphatic carbocycles. The molecule has 1 aliphatic rings. The van der Waals surface area contributed by atoms with Crippen molar-refractivity contribution in [3.8, 4) is 23.1 Å². The summed E-state index contributed by atoms with van der Waals surface area (Å²) in [5.41, 5.74) is 0.771. The van der Waals surface area contributed by atoms with Gasteiger partial charge < -0.3 is 29.7 Å². The zero-order valence-electron chi connectivity index (χ0n) is 21.8. The highest BCUT2D eigenvalue weighted by atomic mass is 35.5. The van der Waals surface area contributed by atoms with E-state index < -0.39 is 0 Å². The lowest BCUT2D eigenvalue weighted by atomic mass is 10.1. The molecule has 9 nitrogen and oxygen atoms in total. The lowest BCUT2D eigenvalue weighted by Gasteiger charge is -2.21. The fourth-order valence-corrected chi connectivity index (χ4v) is 4.35. The minimum absolute atomic E-state index is 0.335. The van der Waals surface area contributed by atoms with Crippen LogP contribution >= 0.6 is 11.6 Å². The van der Waals surface area contributed by atoms with Crippen LogP contribution in [-0.4, -0.2) is 59.8 Å². The summed E-state index contributed by atoms with van der Waals surface area (Å²) in [6, 6.07) is 8.32. The molecule has 37 heavy (non-hydrogen) atoms. The first-order valence-corrected chi connectivity index (χ1v) is 12.8. The number of hydrogen-bond donors (Lipinski definition) is 2. The molecule has 1 fully saturated rings. The van der Waals surface area contributed by atoms with Gasteiger partial charge in [0.15, 0.2) is 11.5 Å². The molecule has 198 valence electrons. The molecule has 0 bridgehead atoms. The van der Waals surface area contributed by atoms with E-state index in [0.717, 1.165) is 13.0 Å². The number of urea groups is 1. The van der Waals surface area contributed by atoms with Crippen molar-refractivity contribution in [2.75, 3.05) is 38.7 Å². The molecule has 2 heterocycles. The van der Waals surface area contributed by atoms with E-state index in [1.54, 1.807) is 25.3 Å². The number of fused-ring (bicyclic) bond motifs is 1. The third-order valence-electron chi connectivity index (χ3n) is 5.85. The molecule has 1 saturated heterocycles. The average Bonchev–Trinajstić information content (AvgIpc) is 3.36. The highest BCUT2D eigenvalue weighted by molar-refractivity contribution is 6.33. The van der Waals surface area contributed by atoms with Gasteiger partial charge in [0, 0.05) is 24.2 Å². The summed E-state index contributed by atoms with van der Waals surface area (Å²) in [5, 5.41) is 6.59. The van der Waals surface area contributed by atoms with E-state index in [1.807, 2.05) is 32.9 Å². The van der Waals surface area contributed by atoms with Crippen LogP contribution in [0.5, 0.6) is 23.1 Å². The minimum Gasteiger partial charge on any atom is -0.493 e. The molecule has 0 unspecified atom stereocenters. The van der Waals surface area contributed by atoms with Crippen LogP contribution in [0.2, 0.25) is 5.02 Å². The topological polar surface area (TPSA) is 97.8 Å². The van der Waals surface area contributed by atoms with Gasteiger partial charge in [-0.25, -0.2) is 14.8 Å². The number of methoxy groups -OCH3 is 1. The predicted molar refractivity (Wildman–Crippen MR) is 145 cm³/mol. The Morgan fingerprint density at radius 2 is 1.89 bits per heavy atom. The number of nitrogens with one attached hydrogen (secondary N) is 2. The van der Waals surface area contributed by atoms with E-state index in [9.17, 15) is 4.79 Å². The third-order valence-corrected chi connectivity index (χ3v) is 6.16. The van der Waals surface area contributed by atoms with Crippen LogP contribution in [0.25, 0.3) is 10.9 Å². The second kappa shape index (κ2) is 11.8. The summed E-state index contributed by atoms with van der Waals surface area (Å²) in [7, 11) is 1.60. The van der Waals surface area contributed by atoms with Crippen LogP contribution in [-0.2, 0) is 0 Å². The largest absolute Gasteiger partial charge is 0.493 e. The third kappa shape index (κ3) is 7.36. The number of aromatic nitrogens is 2. The average molecular weight is 528 g/mol. The summed E-state index contributed by atoms with van der Waals surface area (Å²) >= 11 is 6.40. The maximum atomic E-state index is 12.2. The molecule has 0 saturated carbocycles. The van der Waals surface area contributed by atoms with E-state index in [4.69, 9.17) is 25.8 Å². The molecule has 2 aromatic carbocycles. The second-order valence-corrected chi connectivity index (χ2v) is 10.4. The number of amides is 2. The van der Waals surface area contributed by atoms with Crippen LogP contribution in [0.4, 0.5) is 10.5 Å². The number of carbonyl (C=O) groups excluding carboxylic acids is 1. The number of ether oxygens (including phenoxy) is 3. The SMILES string of the molecule is COc1cc2c(Oc3ccc(NC(=O)NC(C)(C)C)c(Cl)c3)ncnc2cc1OCCCN1CCCC1. The van der Waals surface area contributed by atoms with Crippen molar-refractivity contribution < 1.29 is 19.0 Å². The van der Waals surface area contributed by atoms with E-state index in [0.29, 0.717) is 51.3 Å². The number of carbonyl (C=O) groups is 1. The Morgan fingerprint density at radius 1 is 1.11 bits per heavy atom. The minimum atomic E-state index is -0.368. The van der Waals surface area contributed by atoms with E-state index in [-0.39, 0.29) is 11.6 Å². The summed E-state index contributed by atoms with van der Waals surface area (Å²) < 4.78 is 17.7. The smallest absolute Gasteiger partial charge is 0.319 e. The van der Waals surface area contributed by atoms with Crippen molar-refractivity contribution in [1.82, 2.24) is 20.2 Å². The zero-order chi connectivity index (χ0) is 26.4. The second-order valence-electron chi connectivity index (χ2n) is 10.0. The highest BCUT2D eigenvalue weighted by Gasteiger charge is 2.17. The van der Waals surface area contributed by atoms with Crippen LogP contribution in [0.15, 0.2) is 36.7 Å². The molecule has 2 amide bonds. The Kier molecular flexibility index (Phi) is 8.56. The quantitative estimate of drug-likeness (QED) is 0.336. The van der Waals surface area contributed by atoms with Crippen LogP contribution in [0, 0.1) is 0 Å². The fourth-order valence-electron chi connectivity index (χ4n) is 4.14. The Labute approximate surface area is 222 Å². The molecule has 0 radical (unpaired) electrons. The molecule has 3 aromatic rings. The van der Waals surface area contributed by atoms with Crippen molar-refractivity contribution in [2.45, 2.75) is 45.6 Å². The lowest BCUT2D eigenvalue weighted by Crippen LogP contribution is -2.43. The lowest BCUT2D eigenvalue weighted by molar-refractivity contribution is 0.244. The van der Waals surface area contributed by atoms with Gasteiger partial charge in [0.25, 0.3) is 0 Å². The van der Waals surface area contributed by atoms with Crippen LogP contribution < -0.4 is 24.8 Å². The first-order valence-electron chi connectivity index (χ1n) is 12.5. The van der Waals surface area contributed by atoms with Crippen molar-refractivity contribution in [1.29, 1.82) is 0 Å². The van der Waals surface area contributed by atoms with E-state index in [2.05, 4.69) is 25.5 Å². The number of likely N-dealkylation sites (tertiary alicyclic amines) is 1. The zero-order valence-corrected chi connectivity index (χ0v) is 22.5. The van der Waals surface area contributed by atoms with Gasteiger partial charge >= 0.3 is 6.03 Å². The predicted octanol–water partition coefficient (Wildman–Crippen LogP) is 5.87. The number of hydrogen-bond acceptors (Lipinski definition) is 7. The molecule has 0 spiro atoms. The molecular formula is C27H34ClN5O4. The fraction of sp³-hybridized carbons (Fsp3) is 0.444. The normalized spacial score (nSPS) is 14.0. The van der Waals surface area contributed by atoms with Gasteiger partial charge in [0.2, 0.25) is 5.88 Å². The van der Waals surface area contributed by atoms with Crippen molar-refractivity contribution >= 4 is 34.2 Å². The molecule has 4 rings (SSSR count). The Hall–Kier alpha value is -3.30. The van der Waals surface area contributed by atoms with Gasteiger partial charge in [-0.05, 0) is 71.3 Å². The van der Waals surface area contributed by atoms with Crippen LogP contribution in [0.3, 0.4) is 0 Å². The Morgan fingerprint density at radius 3 is 2.59 bits per heavy atom. The van der Waals surface area contributed by atoms with Gasteiger partial charge in [0.05, 0.1) is 35.3 Å². The highest BCUT2D eigenvalue weighted by Crippen LogP contribution is 2.37. The molecular weight excluding hydrogens is 494 g/mol. The summed E-state index contributed by atoms with van der Waals surface area (Å²) in [6.07, 6.45) is 4.95. The summed E-state index contributed by atoms with van der Waals surface area (Å²) in [4.78, 5) is 23.3. The molecule has 2 N–H and O–H groups in total. The van der Waals surface area contributed by atoms with Gasteiger partial charge in [-0.1, -0.05) is 11.6 Å². The number of rotatable bonds is 9. The molecule has 1 aromatic heterocycles. The van der Waals surface area contributed by atoms with Crippen molar-refractivity contribution in [3.63, 3.8) is 0 Å². The van der Waals surface area contributed by atoms with E-state index >= 15 is 0 Å². The maximum absolute atomic E-state index is 12.2. The molecule has 0 atom stereocenters. The standard InChI is InChI=1S/C27H34ClN5O4/c1-27(2,3)32-26(34)31-21-9-8-18(14-20(21)28)37-25-19-15-23(35-4)24(16-22(19)29-17-30-25)36-13-7-12-33-10-5-6-11-33/h8-9,14-17H,5-7,10-13H2,1-4H3,(H2,31,32,34). The maximum Gasteiger partial charge on any atom is 0.319 e. The molecule has 1 aliphatic heterocycles. The Bertz CT molecular complexity index is 1240. The molecule has 10 heteroatoms. The van der Waals surface area contributed by atoms with Crippen molar-refractivity contribution in [3.05, 3.63) is 41.7 Å². The number of nitrogens with zero attached hydrogens (tertiary/aromatic N) is 3. The first kappa shape index (κ1) is 26.8. The van der Waals surface area contributed by atoms with Gasteiger partial charge in [-0.2, -0.15) is 0 Å². The number of benzene rings is 2.